The van der Waals surface area contributed by atoms with Crippen molar-refractivity contribution in [3.8, 4) is 0 Å². The molecule has 0 aliphatic rings. The van der Waals surface area contributed by atoms with Crippen LogP contribution in [0.5, 0.6) is 0 Å². The first-order chi connectivity index (χ1) is 8.20. The molecular weight excluding hydrogens is 212 g/mol. The van der Waals surface area contributed by atoms with Crippen LogP contribution < -0.4 is 5.73 Å². The summed E-state index contributed by atoms with van der Waals surface area (Å²) in [5.74, 6) is 0.329. The van der Waals surface area contributed by atoms with Crippen molar-refractivity contribution in [3.63, 3.8) is 0 Å². The number of ketones is 1. The Kier molecular flexibility index (Phi) is 3.49. The molecule has 3 nitrogen and oxygen atoms in total. The van der Waals surface area contributed by atoms with Crippen molar-refractivity contribution in [2.45, 2.75) is 13.3 Å². The van der Waals surface area contributed by atoms with Crippen molar-refractivity contribution in [2.24, 2.45) is 11.7 Å². The summed E-state index contributed by atoms with van der Waals surface area (Å²) in [4.78, 5) is 16.2. The lowest BCUT2D eigenvalue weighted by Gasteiger charge is -2.07. The number of aromatic nitrogens is 1. The summed E-state index contributed by atoms with van der Waals surface area (Å²) >= 11 is 0. The van der Waals surface area contributed by atoms with Gasteiger partial charge in [-0.05, 0) is 24.6 Å². The fraction of sp³-hybridized carbons (Fsp3) is 0.286. The topological polar surface area (TPSA) is 56.0 Å². The second-order valence-electron chi connectivity index (χ2n) is 4.38. The van der Waals surface area contributed by atoms with Crippen LogP contribution >= 0.6 is 0 Å². The second kappa shape index (κ2) is 5.06. The van der Waals surface area contributed by atoms with E-state index in [0.717, 1.165) is 10.9 Å². The van der Waals surface area contributed by atoms with Gasteiger partial charge < -0.3 is 5.73 Å². The van der Waals surface area contributed by atoms with Gasteiger partial charge in [0.2, 0.25) is 0 Å². The normalized spacial score (nSPS) is 12.6. The van der Waals surface area contributed by atoms with Crippen molar-refractivity contribution in [1.29, 1.82) is 0 Å². The van der Waals surface area contributed by atoms with E-state index in [0.29, 0.717) is 18.5 Å². The maximum absolute atomic E-state index is 12.0. The van der Waals surface area contributed by atoms with E-state index < -0.39 is 0 Å². The van der Waals surface area contributed by atoms with Gasteiger partial charge in [-0.2, -0.15) is 0 Å². The highest BCUT2D eigenvalue weighted by atomic mass is 16.1. The summed E-state index contributed by atoms with van der Waals surface area (Å²) in [6.45, 7) is 2.51. The van der Waals surface area contributed by atoms with E-state index in [-0.39, 0.29) is 11.7 Å². The van der Waals surface area contributed by atoms with Gasteiger partial charge >= 0.3 is 0 Å². The van der Waals surface area contributed by atoms with Crippen molar-refractivity contribution >= 4 is 16.7 Å². The monoisotopic (exact) mass is 228 g/mol. The number of rotatable bonds is 4. The molecule has 1 aromatic heterocycles. The van der Waals surface area contributed by atoms with Crippen LogP contribution in [0.25, 0.3) is 10.9 Å². The highest BCUT2D eigenvalue weighted by Gasteiger charge is 2.11. The number of carbonyl (C=O) groups excluding carboxylic acids is 1. The molecule has 17 heavy (non-hydrogen) atoms. The molecule has 2 rings (SSSR count). The van der Waals surface area contributed by atoms with E-state index in [1.807, 2.05) is 37.3 Å². The van der Waals surface area contributed by atoms with Gasteiger partial charge in [0.15, 0.2) is 5.78 Å². The Labute approximate surface area is 101 Å². The van der Waals surface area contributed by atoms with Crippen molar-refractivity contribution in [3.05, 3.63) is 42.1 Å². The molecule has 0 spiro atoms. The van der Waals surface area contributed by atoms with Gasteiger partial charge in [0.25, 0.3) is 0 Å². The first-order valence-electron chi connectivity index (χ1n) is 5.78. The summed E-state index contributed by atoms with van der Waals surface area (Å²) in [5, 5.41) is 0.999. The minimum absolute atomic E-state index is 0.112. The minimum Gasteiger partial charge on any atom is -0.330 e. The largest absolute Gasteiger partial charge is 0.330 e. The van der Waals surface area contributed by atoms with Gasteiger partial charge in [0.1, 0.15) is 0 Å². The number of benzene rings is 1. The molecule has 0 saturated heterocycles. The van der Waals surface area contributed by atoms with Gasteiger partial charge in [0, 0.05) is 23.6 Å². The third-order valence-corrected chi connectivity index (χ3v) is 2.85. The Balaban J connectivity index is 2.27. The molecule has 0 fully saturated rings. The number of nitrogens with zero attached hydrogens (tertiary/aromatic N) is 1. The van der Waals surface area contributed by atoms with Crippen LogP contribution in [-0.4, -0.2) is 17.3 Å². The van der Waals surface area contributed by atoms with Crippen LogP contribution in [0.2, 0.25) is 0 Å². The Morgan fingerprint density at radius 1 is 1.41 bits per heavy atom. The smallest absolute Gasteiger partial charge is 0.164 e. The number of nitrogens with two attached hydrogens (primary N) is 1. The molecule has 0 aliphatic heterocycles. The number of hydrogen-bond donors (Lipinski definition) is 1. The number of carbonyl (C=O) groups is 1. The Hall–Kier alpha value is -1.74. The zero-order valence-corrected chi connectivity index (χ0v) is 9.89. The lowest BCUT2D eigenvalue weighted by molar-refractivity contribution is 0.0965. The summed E-state index contributed by atoms with van der Waals surface area (Å²) in [5.41, 5.74) is 7.10. The third-order valence-electron chi connectivity index (χ3n) is 2.85. The highest BCUT2D eigenvalue weighted by Crippen LogP contribution is 2.15. The molecule has 1 heterocycles. The predicted octanol–water partition coefficient (Wildman–Crippen LogP) is 2.40. The zero-order chi connectivity index (χ0) is 12.3. The van der Waals surface area contributed by atoms with E-state index in [1.54, 1.807) is 6.20 Å². The van der Waals surface area contributed by atoms with Crippen LogP contribution in [0.3, 0.4) is 0 Å². The zero-order valence-electron chi connectivity index (χ0n) is 9.89. The van der Waals surface area contributed by atoms with Crippen LogP contribution in [0.1, 0.15) is 23.7 Å². The summed E-state index contributed by atoms with van der Waals surface area (Å²) in [6, 6.07) is 9.68. The van der Waals surface area contributed by atoms with Crippen molar-refractivity contribution in [2.75, 3.05) is 6.54 Å². The van der Waals surface area contributed by atoms with Gasteiger partial charge in [-0.1, -0.05) is 25.1 Å². The molecule has 0 aliphatic carbocycles. The van der Waals surface area contributed by atoms with Crippen LogP contribution in [0, 0.1) is 5.92 Å². The van der Waals surface area contributed by atoms with Gasteiger partial charge in [-0.25, -0.2) is 0 Å². The van der Waals surface area contributed by atoms with Crippen LogP contribution in [0.15, 0.2) is 36.5 Å². The molecule has 1 aromatic carbocycles. The standard InChI is InChI=1S/C14H16N2O/c1-10(8-15)6-14(17)12-7-11-4-2-3-5-13(11)16-9-12/h2-5,7,9-10H,6,8,15H2,1H3. The van der Waals surface area contributed by atoms with Crippen LogP contribution in [-0.2, 0) is 0 Å². The van der Waals surface area contributed by atoms with Gasteiger partial charge in [-0.15, -0.1) is 0 Å². The number of para-hydroxylation sites is 1. The maximum atomic E-state index is 12.0. The maximum Gasteiger partial charge on any atom is 0.164 e. The van der Waals surface area contributed by atoms with E-state index >= 15 is 0 Å². The first kappa shape index (κ1) is 11.7. The fourth-order valence-corrected chi connectivity index (χ4v) is 1.74. The molecule has 0 amide bonds. The molecule has 3 heteroatoms. The predicted molar refractivity (Wildman–Crippen MR) is 68.9 cm³/mol. The average Bonchev–Trinajstić information content (AvgIpc) is 2.38. The fourth-order valence-electron chi connectivity index (χ4n) is 1.74. The molecule has 0 radical (unpaired) electrons. The highest BCUT2D eigenvalue weighted by molar-refractivity contribution is 5.98. The Morgan fingerprint density at radius 3 is 2.94 bits per heavy atom. The van der Waals surface area contributed by atoms with Crippen molar-refractivity contribution in [1.82, 2.24) is 4.98 Å². The summed E-state index contributed by atoms with van der Waals surface area (Å²) in [6.07, 6.45) is 2.13. The van der Waals surface area contributed by atoms with Gasteiger partial charge in [0.05, 0.1) is 5.52 Å². The molecule has 88 valence electrons. The summed E-state index contributed by atoms with van der Waals surface area (Å²) in [7, 11) is 0. The molecular formula is C14H16N2O. The average molecular weight is 228 g/mol. The van der Waals surface area contributed by atoms with E-state index in [4.69, 9.17) is 5.73 Å². The van der Waals surface area contributed by atoms with E-state index in [1.165, 1.54) is 0 Å². The van der Waals surface area contributed by atoms with Crippen LogP contribution in [0.4, 0.5) is 0 Å². The van der Waals surface area contributed by atoms with Crippen molar-refractivity contribution < 1.29 is 4.79 Å². The van der Waals surface area contributed by atoms with Gasteiger partial charge in [-0.3, -0.25) is 9.78 Å². The number of pyridine rings is 1. The lowest BCUT2D eigenvalue weighted by atomic mass is 10.00. The number of hydrogen-bond acceptors (Lipinski definition) is 3. The molecule has 1 unspecified atom stereocenters. The molecule has 2 N–H and O–H groups in total. The Bertz CT molecular complexity index is 536. The second-order valence-corrected chi connectivity index (χ2v) is 4.38. The minimum atomic E-state index is 0.112. The molecule has 2 aromatic rings. The molecule has 0 bridgehead atoms. The molecule has 1 atom stereocenters. The quantitative estimate of drug-likeness (QED) is 0.817. The summed E-state index contributed by atoms with van der Waals surface area (Å²) < 4.78 is 0. The SMILES string of the molecule is CC(CN)CC(=O)c1cnc2ccccc2c1. The number of fused-ring (bicyclic) bond motifs is 1. The number of Topliss-reactive ketones (excluding diaryl/α,β-unsaturated/α-hetero) is 1. The third kappa shape index (κ3) is 2.68. The Morgan fingerprint density at radius 2 is 2.18 bits per heavy atom. The molecule has 0 saturated carbocycles. The van der Waals surface area contributed by atoms with E-state index in [2.05, 4.69) is 4.98 Å². The first-order valence-corrected chi connectivity index (χ1v) is 5.78. The lowest BCUT2D eigenvalue weighted by Crippen LogP contribution is -2.15. The van der Waals surface area contributed by atoms with E-state index in [9.17, 15) is 4.79 Å².